The molecule has 17 heavy (non-hydrogen) atoms. The van der Waals surface area contributed by atoms with Crippen molar-refractivity contribution < 1.29 is 0 Å². The zero-order chi connectivity index (χ0) is 12.1. The van der Waals surface area contributed by atoms with Gasteiger partial charge in [-0.2, -0.15) is 5.26 Å². The summed E-state index contributed by atoms with van der Waals surface area (Å²) in [5, 5.41) is 8.69. The van der Waals surface area contributed by atoms with Gasteiger partial charge >= 0.3 is 0 Å². The first-order chi connectivity index (χ1) is 8.29. The van der Waals surface area contributed by atoms with Crippen molar-refractivity contribution in [2.75, 3.05) is 5.73 Å². The highest BCUT2D eigenvalue weighted by atomic mass is 14.9. The van der Waals surface area contributed by atoms with Gasteiger partial charge in [-0.25, -0.2) is 9.97 Å². The summed E-state index contributed by atoms with van der Waals surface area (Å²) >= 11 is 0. The Balaban J connectivity index is 2.23. The highest BCUT2D eigenvalue weighted by Crippen LogP contribution is 2.08. The molecule has 0 saturated carbocycles. The van der Waals surface area contributed by atoms with Crippen molar-refractivity contribution in [3.05, 3.63) is 53.5 Å². The largest absolute Gasteiger partial charge is 0.382 e. The molecule has 1 aromatic carbocycles. The summed E-state index contributed by atoms with van der Waals surface area (Å²) in [6.07, 6.45) is 5.07. The third kappa shape index (κ3) is 2.67. The molecule has 2 N–H and O–H groups in total. The maximum atomic E-state index is 8.69. The van der Waals surface area contributed by atoms with Crippen molar-refractivity contribution in [2.24, 2.45) is 0 Å². The van der Waals surface area contributed by atoms with Crippen LogP contribution in [0.5, 0.6) is 0 Å². The van der Waals surface area contributed by atoms with E-state index >= 15 is 0 Å². The van der Waals surface area contributed by atoms with Crippen LogP contribution in [0.4, 0.5) is 5.82 Å². The molecule has 82 valence electrons. The number of benzene rings is 1. The predicted molar refractivity (Wildman–Crippen MR) is 66.5 cm³/mol. The second-order valence-electron chi connectivity index (χ2n) is 3.38. The van der Waals surface area contributed by atoms with E-state index in [2.05, 4.69) is 9.97 Å². The number of nitrogens with two attached hydrogens (primary N) is 1. The molecule has 0 atom stereocenters. The Morgan fingerprint density at radius 2 is 1.94 bits per heavy atom. The van der Waals surface area contributed by atoms with Crippen LogP contribution in [0.1, 0.15) is 17.0 Å². The van der Waals surface area contributed by atoms with E-state index in [1.807, 2.05) is 42.5 Å². The Morgan fingerprint density at radius 3 is 2.59 bits per heavy atom. The summed E-state index contributed by atoms with van der Waals surface area (Å²) in [4.78, 5) is 8.04. The maximum absolute atomic E-state index is 8.69. The van der Waals surface area contributed by atoms with Crippen molar-refractivity contribution in [2.45, 2.75) is 0 Å². The topological polar surface area (TPSA) is 75.6 Å². The Bertz CT molecular complexity index is 582. The summed E-state index contributed by atoms with van der Waals surface area (Å²) < 4.78 is 0. The molecule has 0 bridgehead atoms. The van der Waals surface area contributed by atoms with Crippen molar-refractivity contribution in [3.8, 4) is 6.07 Å². The van der Waals surface area contributed by atoms with Gasteiger partial charge in [-0.05, 0) is 11.6 Å². The van der Waals surface area contributed by atoms with Gasteiger partial charge in [0.05, 0.1) is 6.20 Å². The van der Waals surface area contributed by atoms with Crippen molar-refractivity contribution >= 4 is 18.0 Å². The molecule has 0 aliphatic carbocycles. The third-order valence-electron chi connectivity index (χ3n) is 2.18. The van der Waals surface area contributed by atoms with Gasteiger partial charge in [0.1, 0.15) is 17.5 Å². The number of nitrogen functional groups attached to an aromatic ring is 1. The van der Waals surface area contributed by atoms with Gasteiger partial charge in [0.2, 0.25) is 0 Å². The van der Waals surface area contributed by atoms with E-state index in [1.165, 1.54) is 6.20 Å². The molecule has 4 heteroatoms. The molecule has 0 saturated heterocycles. The molecule has 0 aliphatic heterocycles. The molecule has 1 aromatic heterocycles. The van der Waals surface area contributed by atoms with Crippen LogP contribution in [-0.4, -0.2) is 9.97 Å². The van der Waals surface area contributed by atoms with Gasteiger partial charge in [0.15, 0.2) is 5.82 Å². The molecule has 0 fully saturated rings. The first kappa shape index (κ1) is 10.8. The summed E-state index contributed by atoms with van der Waals surface area (Å²) in [5.41, 5.74) is 6.94. The number of hydrogen-bond donors (Lipinski definition) is 1. The monoisotopic (exact) mass is 222 g/mol. The summed E-state index contributed by atoms with van der Waals surface area (Å²) in [6, 6.07) is 11.7. The highest BCUT2D eigenvalue weighted by molar-refractivity contribution is 5.67. The normalized spacial score (nSPS) is 10.3. The van der Waals surface area contributed by atoms with Crippen LogP contribution in [0, 0.1) is 11.3 Å². The number of rotatable bonds is 2. The van der Waals surface area contributed by atoms with E-state index in [0.717, 1.165) is 5.56 Å². The van der Waals surface area contributed by atoms with Gasteiger partial charge in [-0.3, -0.25) is 0 Å². The van der Waals surface area contributed by atoms with Crippen LogP contribution < -0.4 is 5.73 Å². The van der Waals surface area contributed by atoms with Gasteiger partial charge in [-0.1, -0.05) is 36.4 Å². The Hall–Kier alpha value is -2.67. The molecule has 0 radical (unpaired) electrons. The lowest BCUT2D eigenvalue weighted by Crippen LogP contribution is -1.98. The van der Waals surface area contributed by atoms with E-state index < -0.39 is 0 Å². The minimum absolute atomic E-state index is 0.204. The number of anilines is 1. The number of nitrogens with zero attached hydrogens (tertiary/aromatic N) is 3. The van der Waals surface area contributed by atoms with Crippen molar-refractivity contribution in [3.63, 3.8) is 0 Å². The zero-order valence-corrected chi connectivity index (χ0v) is 9.04. The highest BCUT2D eigenvalue weighted by Gasteiger charge is 2.00. The van der Waals surface area contributed by atoms with Gasteiger partial charge in [-0.15, -0.1) is 0 Å². The van der Waals surface area contributed by atoms with Gasteiger partial charge < -0.3 is 5.73 Å². The average Bonchev–Trinajstić information content (AvgIpc) is 2.38. The molecule has 0 unspecified atom stereocenters. The third-order valence-corrected chi connectivity index (χ3v) is 2.18. The summed E-state index contributed by atoms with van der Waals surface area (Å²) in [7, 11) is 0. The van der Waals surface area contributed by atoms with E-state index in [1.54, 1.807) is 6.08 Å². The van der Waals surface area contributed by atoms with Crippen LogP contribution in [0.3, 0.4) is 0 Å². The predicted octanol–water partition coefficient (Wildman–Crippen LogP) is 2.10. The van der Waals surface area contributed by atoms with E-state index in [9.17, 15) is 0 Å². The maximum Gasteiger partial charge on any atom is 0.154 e. The summed E-state index contributed by atoms with van der Waals surface area (Å²) in [6.45, 7) is 0. The minimum Gasteiger partial charge on any atom is -0.382 e. The van der Waals surface area contributed by atoms with Gasteiger partial charge in [0.25, 0.3) is 0 Å². The average molecular weight is 222 g/mol. The summed E-state index contributed by atoms with van der Waals surface area (Å²) in [5.74, 6) is 0.695. The molecule has 1 heterocycles. The second kappa shape index (κ2) is 4.90. The van der Waals surface area contributed by atoms with Gasteiger partial charge in [0, 0.05) is 0 Å². The Labute approximate surface area is 99.1 Å². The standard InChI is InChI=1S/C13H10N4/c14-8-11-9-16-12(17-13(11)15)7-6-10-4-2-1-3-5-10/h1-7,9H,(H2,15,16,17)/b7-6+. The minimum atomic E-state index is 0.204. The fourth-order valence-corrected chi connectivity index (χ4v) is 1.31. The van der Waals surface area contributed by atoms with Crippen LogP contribution in [0.25, 0.3) is 12.2 Å². The fraction of sp³-hybridized carbons (Fsp3) is 0. The first-order valence-corrected chi connectivity index (χ1v) is 5.05. The lowest BCUT2D eigenvalue weighted by Gasteiger charge is -1.97. The molecule has 2 rings (SSSR count). The lowest BCUT2D eigenvalue weighted by molar-refractivity contribution is 1.13. The van der Waals surface area contributed by atoms with E-state index in [0.29, 0.717) is 11.4 Å². The van der Waals surface area contributed by atoms with E-state index in [4.69, 9.17) is 11.0 Å². The lowest BCUT2D eigenvalue weighted by atomic mass is 10.2. The van der Waals surface area contributed by atoms with Crippen LogP contribution >= 0.6 is 0 Å². The van der Waals surface area contributed by atoms with Crippen LogP contribution in [0.15, 0.2) is 36.5 Å². The molecule has 2 aromatic rings. The smallest absolute Gasteiger partial charge is 0.154 e. The second-order valence-corrected chi connectivity index (χ2v) is 3.38. The fourth-order valence-electron chi connectivity index (χ4n) is 1.31. The van der Waals surface area contributed by atoms with Crippen molar-refractivity contribution in [1.82, 2.24) is 9.97 Å². The SMILES string of the molecule is N#Cc1cnc(/C=C/c2ccccc2)nc1N. The number of aromatic nitrogens is 2. The molecule has 4 nitrogen and oxygen atoms in total. The van der Waals surface area contributed by atoms with Crippen LogP contribution in [0.2, 0.25) is 0 Å². The molecule has 0 aliphatic rings. The Morgan fingerprint density at radius 1 is 1.18 bits per heavy atom. The van der Waals surface area contributed by atoms with Crippen molar-refractivity contribution in [1.29, 1.82) is 5.26 Å². The molecular weight excluding hydrogens is 212 g/mol. The van der Waals surface area contributed by atoms with Crippen LogP contribution in [-0.2, 0) is 0 Å². The zero-order valence-electron chi connectivity index (χ0n) is 9.04. The molecule has 0 amide bonds. The molecular formula is C13H10N4. The first-order valence-electron chi connectivity index (χ1n) is 5.05. The quantitative estimate of drug-likeness (QED) is 0.844. The molecule has 0 spiro atoms. The number of nitriles is 1. The Kier molecular flexibility index (Phi) is 3.13. The number of hydrogen-bond acceptors (Lipinski definition) is 4. The van der Waals surface area contributed by atoms with E-state index in [-0.39, 0.29) is 5.82 Å².